The second-order valence-electron chi connectivity index (χ2n) is 5.06. The van der Waals surface area contributed by atoms with E-state index < -0.39 is 0 Å². The Morgan fingerprint density at radius 3 is 2.38 bits per heavy atom. The summed E-state index contributed by atoms with van der Waals surface area (Å²) in [5.41, 5.74) is 3.29. The molecule has 1 aromatic heterocycles. The Hall–Kier alpha value is -2.43. The number of carbonyl (C=O) groups excluding carboxylic acids is 1. The Morgan fingerprint density at radius 1 is 1.10 bits per heavy atom. The predicted molar refractivity (Wildman–Crippen MR) is 84.7 cm³/mol. The van der Waals surface area contributed by atoms with Gasteiger partial charge in [0.25, 0.3) is 5.91 Å². The number of nitrogens with one attached hydrogen (secondary N) is 2. The molecular weight excluding hydrogens is 264 g/mol. The van der Waals surface area contributed by atoms with Crippen LogP contribution >= 0.6 is 0 Å². The van der Waals surface area contributed by atoms with Gasteiger partial charge in [0.2, 0.25) is 0 Å². The van der Waals surface area contributed by atoms with Crippen LogP contribution in [-0.4, -0.2) is 22.6 Å². The molecule has 0 spiro atoms. The summed E-state index contributed by atoms with van der Waals surface area (Å²) in [6, 6.07) is 9.34. The first kappa shape index (κ1) is 15.0. The Balaban J connectivity index is 2.06. The lowest BCUT2D eigenvalue weighted by atomic mass is 10.1. The van der Waals surface area contributed by atoms with Gasteiger partial charge in [-0.2, -0.15) is 0 Å². The maximum Gasteiger partial charge on any atom is 0.276 e. The molecule has 5 heteroatoms. The lowest BCUT2D eigenvalue weighted by molar-refractivity contribution is 0.102. The molecule has 2 N–H and O–H groups in total. The first-order valence-electron chi connectivity index (χ1n) is 7.05. The number of amides is 1. The average Bonchev–Trinajstić information content (AvgIpc) is 2.44. The summed E-state index contributed by atoms with van der Waals surface area (Å²) < 4.78 is 0. The van der Waals surface area contributed by atoms with Crippen molar-refractivity contribution in [2.45, 2.75) is 27.2 Å². The van der Waals surface area contributed by atoms with Crippen LogP contribution < -0.4 is 10.6 Å². The van der Waals surface area contributed by atoms with Gasteiger partial charge in [0, 0.05) is 12.2 Å². The SMILES string of the molecule is CCCNc1ccc(C(=O)Nc2cc(C)cc(C)c2)nn1. The molecule has 0 aliphatic heterocycles. The average molecular weight is 284 g/mol. The second-order valence-corrected chi connectivity index (χ2v) is 5.06. The van der Waals surface area contributed by atoms with Crippen LogP contribution in [0.3, 0.4) is 0 Å². The van der Waals surface area contributed by atoms with Crippen LogP contribution in [0.4, 0.5) is 11.5 Å². The van der Waals surface area contributed by atoms with Gasteiger partial charge in [-0.1, -0.05) is 13.0 Å². The molecule has 1 heterocycles. The highest BCUT2D eigenvalue weighted by molar-refractivity contribution is 6.02. The summed E-state index contributed by atoms with van der Waals surface area (Å²) in [5.74, 6) is 0.425. The maximum atomic E-state index is 12.1. The molecule has 0 aliphatic rings. The van der Waals surface area contributed by atoms with Crippen LogP contribution in [0.5, 0.6) is 0 Å². The van der Waals surface area contributed by atoms with Crippen LogP contribution in [0.15, 0.2) is 30.3 Å². The topological polar surface area (TPSA) is 66.9 Å². The van der Waals surface area contributed by atoms with Gasteiger partial charge in [-0.15, -0.1) is 10.2 Å². The van der Waals surface area contributed by atoms with Crippen molar-refractivity contribution in [1.82, 2.24) is 10.2 Å². The molecule has 0 atom stereocenters. The number of carbonyl (C=O) groups is 1. The third-order valence-electron chi connectivity index (χ3n) is 2.93. The molecule has 2 aromatic rings. The highest BCUT2D eigenvalue weighted by Gasteiger charge is 2.09. The Kier molecular flexibility index (Phi) is 4.87. The van der Waals surface area contributed by atoms with E-state index in [0.29, 0.717) is 11.5 Å². The smallest absolute Gasteiger partial charge is 0.276 e. The summed E-state index contributed by atoms with van der Waals surface area (Å²) in [7, 11) is 0. The minimum atomic E-state index is -0.255. The van der Waals surface area contributed by atoms with Crippen LogP contribution in [0, 0.1) is 13.8 Å². The Labute approximate surface area is 124 Å². The van der Waals surface area contributed by atoms with Crippen molar-refractivity contribution >= 4 is 17.4 Å². The largest absolute Gasteiger partial charge is 0.369 e. The van der Waals surface area contributed by atoms with E-state index in [1.165, 1.54) is 0 Å². The van der Waals surface area contributed by atoms with Gasteiger partial charge < -0.3 is 10.6 Å². The summed E-state index contributed by atoms with van der Waals surface area (Å²) in [6.07, 6.45) is 1.01. The van der Waals surface area contributed by atoms with E-state index in [4.69, 9.17) is 0 Å². The fraction of sp³-hybridized carbons (Fsp3) is 0.312. The highest BCUT2D eigenvalue weighted by atomic mass is 16.1. The Bertz CT molecular complexity index is 602. The summed E-state index contributed by atoms with van der Waals surface area (Å²) >= 11 is 0. The van der Waals surface area contributed by atoms with Crippen molar-refractivity contribution in [3.8, 4) is 0 Å². The van der Waals surface area contributed by atoms with Gasteiger partial charge in [-0.25, -0.2) is 0 Å². The normalized spacial score (nSPS) is 10.2. The van der Waals surface area contributed by atoms with Gasteiger partial charge in [0.05, 0.1) is 0 Å². The van der Waals surface area contributed by atoms with Crippen molar-refractivity contribution in [1.29, 1.82) is 0 Å². The highest BCUT2D eigenvalue weighted by Crippen LogP contribution is 2.14. The third kappa shape index (κ3) is 4.27. The minimum Gasteiger partial charge on any atom is -0.369 e. The molecule has 0 saturated carbocycles. The fourth-order valence-electron chi connectivity index (χ4n) is 2.04. The standard InChI is InChI=1S/C16H20N4O/c1-4-7-17-15-6-5-14(19-20-15)16(21)18-13-9-11(2)8-12(3)10-13/h5-6,8-10H,4,7H2,1-3H3,(H,17,20)(H,18,21). The number of rotatable bonds is 5. The molecule has 0 unspecified atom stereocenters. The summed E-state index contributed by atoms with van der Waals surface area (Å²) in [5, 5.41) is 13.9. The molecule has 0 fully saturated rings. The molecule has 0 saturated heterocycles. The lowest BCUT2D eigenvalue weighted by Crippen LogP contribution is -2.15. The van der Waals surface area contributed by atoms with E-state index in [9.17, 15) is 4.79 Å². The van der Waals surface area contributed by atoms with E-state index in [-0.39, 0.29) is 5.91 Å². The number of benzene rings is 1. The molecular formula is C16H20N4O. The van der Waals surface area contributed by atoms with Crippen LogP contribution in [0.1, 0.15) is 35.0 Å². The fourth-order valence-corrected chi connectivity index (χ4v) is 2.04. The summed E-state index contributed by atoms with van der Waals surface area (Å²) in [4.78, 5) is 12.1. The molecule has 110 valence electrons. The van der Waals surface area contributed by atoms with Crippen molar-refractivity contribution in [3.63, 3.8) is 0 Å². The number of aromatic nitrogens is 2. The maximum absolute atomic E-state index is 12.1. The van der Waals surface area contributed by atoms with Crippen molar-refractivity contribution < 1.29 is 4.79 Å². The number of anilines is 2. The predicted octanol–water partition coefficient (Wildman–Crippen LogP) is 3.17. The zero-order valence-corrected chi connectivity index (χ0v) is 12.6. The lowest BCUT2D eigenvalue weighted by Gasteiger charge is -2.07. The molecule has 21 heavy (non-hydrogen) atoms. The number of hydrogen-bond donors (Lipinski definition) is 2. The zero-order valence-electron chi connectivity index (χ0n) is 12.6. The van der Waals surface area contributed by atoms with Crippen molar-refractivity contribution in [2.24, 2.45) is 0 Å². The Morgan fingerprint density at radius 2 is 1.81 bits per heavy atom. The van der Waals surface area contributed by atoms with E-state index >= 15 is 0 Å². The van der Waals surface area contributed by atoms with E-state index in [1.807, 2.05) is 26.0 Å². The monoisotopic (exact) mass is 284 g/mol. The van der Waals surface area contributed by atoms with Crippen LogP contribution in [0.2, 0.25) is 0 Å². The van der Waals surface area contributed by atoms with Crippen molar-refractivity contribution in [3.05, 3.63) is 47.2 Å². The first-order valence-corrected chi connectivity index (χ1v) is 7.05. The molecule has 0 aliphatic carbocycles. The molecule has 2 rings (SSSR count). The summed E-state index contributed by atoms with van der Waals surface area (Å²) in [6.45, 7) is 6.90. The quantitative estimate of drug-likeness (QED) is 0.885. The zero-order chi connectivity index (χ0) is 15.2. The van der Waals surface area contributed by atoms with Gasteiger partial charge in [0.15, 0.2) is 5.69 Å². The molecule has 0 radical (unpaired) electrons. The molecule has 1 amide bonds. The van der Waals surface area contributed by atoms with Gasteiger partial charge in [0.1, 0.15) is 5.82 Å². The van der Waals surface area contributed by atoms with Crippen molar-refractivity contribution in [2.75, 3.05) is 17.2 Å². The number of aryl methyl sites for hydroxylation is 2. The molecule has 0 bridgehead atoms. The molecule has 1 aromatic carbocycles. The third-order valence-corrected chi connectivity index (χ3v) is 2.93. The number of hydrogen-bond acceptors (Lipinski definition) is 4. The van der Waals surface area contributed by atoms with Crippen LogP contribution in [0.25, 0.3) is 0 Å². The second kappa shape index (κ2) is 6.83. The van der Waals surface area contributed by atoms with E-state index in [2.05, 4.69) is 33.8 Å². The van der Waals surface area contributed by atoms with Gasteiger partial charge >= 0.3 is 0 Å². The van der Waals surface area contributed by atoms with E-state index in [0.717, 1.165) is 29.8 Å². The first-order chi connectivity index (χ1) is 10.1. The van der Waals surface area contributed by atoms with Crippen LogP contribution in [-0.2, 0) is 0 Å². The van der Waals surface area contributed by atoms with Gasteiger partial charge in [-0.05, 0) is 55.7 Å². The van der Waals surface area contributed by atoms with E-state index in [1.54, 1.807) is 12.1 Å². The minimum absolute atomic E-state index is 0.255. The molecule has 5 nitrogen and oxygen atoms in total. The van der Waals surface area contributed by atoms with Gasteiger partial charge in [-0.3, -0.25) is 4.79 Å². The number of nitrogens with zero attached hydrogens (tertiary/aromatic N) is 2.